The van der Waals surface area contributed by atoms with E-state index >= 15 is 0 Å². The van der Waals surface area contributed by atoms with Gasteiger partial charge in [-0.2, -0.15) is 6.42 Å². The molecular formula is C6H11Br2CuMg. The van der Waals surface area contributed by atoms with Crippen LogP contribution in [0.3, 0.4) is 0 Å². The van der Waals surface area contributed by atoms with Crippen molar-refractivity contribution in [2.45, 2.75) is 20.3 Å². The molecule has 0 aliphatic rings. The smallest absolute Gasteiger partial charge is 1.00 e. The number of hydrogen-bond acceptors (Lipinski definition) is 0. The molecule has 0 spiro atoms. The Morgan fingerprint density at radius 3 is 1.60 bits per heavy atom. The Kier molecular flexibility index (Phi) is 66.5. The van der Waals surface area contributed by atoms with Gasteiger partial charge < -0.3 is 40.9 Å². The molecule has 0 bridgehead atoms. The first-order valence-corrected chi connectivity index (χ1v) is 2.20. The Balaban J connectivity index is -0.0000000208. The van der Waals surface area contributed by atoms with E-state index in [1.165, 1.54) is 5.57 Å². The summed E-state index contributed by atoms with van der Waals surface area (Å²) in [5.41, 5.74) is 1.35. The van der Waals surface area contributed by atoms with Crippen LogP contribution in [0.15, 0.2) is 11.6 Å². The van der Waals surface area contributed by atoms with E-state index in [1.807, 2.05) is 0 Å². The van der Waals surface area contributed by atoms with E-state index in [9.17, 15) is 0 Å². The average molecular weight is 331 g/mol. The molecule has 0 aliphatic carbocycles. The molecule has 0 unspecified atom stereocenters. The third-order valence-electron chi connectivity index (χ3n) is 0.553. The summed E-state index contributed by atoms with van der Waals surface area (Å²) in [6, 6.07) is 0. The molecule has 0 fully saturated rings. The molecule has 0 aromatic heterocycles. The van der Waals surface area contributed by atoms with Crippen molar-refractivity contribution in [3.63, 3.8) is 0 Å². The van der Waals surface area contributed by atoms with Gasteiger partial charge in [0.2, 0.25) is 0 Å². The minimum atomic E-state index is 0. The predicted octanol–water partition coefficient (Wildman–Crippen LogP) is -4.20. The quantitative estimate of drug-likeness (QED) is 0.260. The molecule has 62 valence electrons. The summed E-state index contributed by atoms with van der Waals surface area (Å²) in [6.07, 6.45) is 3.02. The molecule has 0 N–H and O–H groups in total. The molecule has 0 saturated carbocycles. The monoisotopic (exact) mass is 328 g/mol. The van der Waals surface area contributed by atoms with Crippen LogP contribution in [-0.2, 0) is 17.1 Å². The number of halogens is 2. The SMILES string of the molecule is [Br-].[Br-].[CH2-]CC=C(C)C.[Cu+].[Mg+2]. The van der Waals surface area contributed by atoms with Crippen molar-refractivity contribution < 1.29 is 51.0 Å². The molecule has 0 aromatic rings. The second-order valence-corrected chi connectivity index (χ2v) is 1.57. The molecule has 0 saturated heterocycles. The van der Waals surface area contributed by atoms with Gasteiger partial charge in [0.15, 0.2) is 0 Å². The van der Waals surface area contributed by atoms with Crippen LogP contribution in [-0.4, -0.2) is 23.1 Å². The summed E-state index contributed by atoms with van der Waals surface area (Å²) in [5, 5.41) is 0. The van der Waals surface area contributed by atoms with Crippen LogP contribution in [0.25, 0.3) is 0 Å². The molecular weight excluding hydrogens is 320 g/mol. The van der Waals surface area contributed by atoms with Crippen LogP contribution in [0.5, 0.6) is 0 Å². The van der Waals surface area contributed by atoms with Crippen molar-refractivity contribution in [3.05, 3.63) is 18.6 Å². The molecule has 0 aliphatic heterocycles. The van der Waals surface area contributed by atoms with Crippen LogP contribution < -0.4 is 34.0 Å². The number of hydrogen-bond donors (Lipinski definition) is 0. The molecule has 0 radical (unpaired) electrons. The van der Waals surface area contributed by atoms with E-state index in [1.54, 1.807) is 0 Å². The maximum Gasteiger partial charge on any atom is 2.00 e. The van der Waals surface area contributed by atoms with E-state index in [4.69, 9.17) is 0 Å². The summed E-state index contributed by atoms with van der Waals surface area (Å²) in [4.78, 5) is 0. The molecule has 4 heteroatoms. The van der Waals surface area contributed by atoms with Gasteiger partial charge in [-0.3, -0.25) is 0 Å². The van der Waals surface area contributed by atoms with E-state index in [0.717, 1.165) is 6.42 Å². The molecule has 0 aromatic carbocycles. The van der Waals surface area contributed by atoms with Gasteiger partial charge in [0.25, 0.3) is 0 Å². The van der Waals surface area contributed by atoms with Gasteiger partial charge in [-0.15, -0.1) is 6.08 Å². The van der Waals surface area contributed by atoms with Crippen molar-refractivity contribution in [2.24, 2.45) is 0 Å². The molecule has 0 nitrogen and oxygen atoms in total. The third-order valence-corrected chi connectivity index (χ3v) is 0.553. The zero-order chi connectivity index (χ0) is 4.99. The summed E-state index contributed by atoms with van der Waals surface area (Å²) in [5.74, 6) is 0. The van der Waals surface area contributed by atoms with Gasteiger partial charge in [0, 0.05) is 0 Å². The fourth-order valence-corrected chi connectivity index (χ4v) is 0.289. The van der Waals surface area contributed by atoms with E-state index in [2.05, 4.69) is 26.8 Å². The first-order chi connectivity index (χ1) is 2.77. The Morgan fingerprint density at radius 1 is 1.30 bits per heavy atom. The predicted molar refractivity (Wildman–Crippen MR) is 35.2 cm³/mol. The summed E-state index contributed by atoms with van der Waals surface area (Å²) < 4.78 is 0. The Bertz CT molecular complexity index is 62.8. The van der Waals surface area contributed by atoms with Crippen LogP contribution in [0.4, 0.5) is 0 Å². The Hall–Kier alpha value is 1.99. The first kappa shape index (κ1) is 29.6. The van der Waals surface area contributed by atoms with Gasteiger partial charge in [-0.1, -0.05) is 5.57 Å². The minimum absolute atomic E-state index is 0. The summed E-state index contributed by atoms with van der Waals surface area (Å²) in [7, 11) is 0. The van der Waals surface area contributed by atoms with Crippen molar-refractivity contribution in [1.29, 1.82) is 0 Å². The van der Waals surface area contributed by atoms with Crippen LogP contribution in [0.1, 0.15) is 20.3 Å². The van der Waals surface area contributed by atoms with Crippen LogP contribution in [0, 0.1) is 6.92 Å². The van der Waals surface area contributed by atoms with E-state index < -0.39 is 0 Å². The summed E-state index contributed by atoms with van der Waals surface area (Å²) in [6.45, 7) is 7.80. The van der Waals surface area contributed by atoms with Crippen LogP contribution in [0.2, 0.25) is 0 Å². The van der Waals surface area contributed by atoms with Crippen molar-refractivity contribution in [1.82, 2.24) is 0 Å². The van der Waals surface area contributed by atoms with Gasteiger partial charge in [-0.25, -0.2) is 0 Å². The number of allylic oxidation sites excluding steroid dienone is 2. The number of rotatable bonds is 1. The van der Waals surface area contributed by atoms with E-state index in [0.29, 0.717) is 0 Å². The van der Waals surface area contributed by atoms with Gasteiger partial charge in [0.1, 0.15) is 0 Å². The average Bonchev–Trinajstić information content (AvgIpc) is 1.35. The first-order valence-electron chi connectivity index (χ1n) is 2.20. The molecule has 0 rings (SSSR count). The zero-order valence-electron chi connectivity index (χ0n) is 6.26. The topological polar surface area (TPSA) is 0 Å². The largest absolute Gasteiger partial charge is 2.00 e. The fraction of sp³-hybridized carbons (Fsp3) is 0.500. The van der Waals surface area contributed by atoms with E-state index in [-0.39, 0.29) is 74.1 Å². The van der Waals surface area contributed by atoms with Crippen LogP contribution >= 0.6 is 0 Å². The summed E-state index contributed by atoms with van der Waals surface area (Å²) >= 11 is 0. The van der Waals surface area contributed by atoms with Crippen molar-refractivity contribution in [2.75, 3.05) is 0 Å². The molecule has 0 atom stereocenters. The Morgan fingerprint density at radius 2 is 1.60 bits per heavy atom. The third kappa shape index (κ3) is 32.4. The zero-order valence-corrected chi connectivity index (χ0v) is 11.8. The molecule has 0 heterocycles. The van der Waals surface area contributed by atoms with Gasteiger partial charge in [0.05, 0.1) is 0 Å². The van der Waals surface area contributed by atoms with Crippen molar-refractivity contribution in [3.8, 4) is 0 Å². The maximum atomic E-state index is 3.65. The fourth-order valence-electron chi connectivity index (χ4n) is 0.289. The van der Waals surface area contributed by atoms with Crippen molar-refractivity contribution >= 4 is 23.1 Å². The van der Waals surface area contributed by atoms with Gasteiger partial charge in [-0.05, 0) is 13.8 Å². The maximum absolute atomic E-state index is 3.65. The molecule has 0 amide bonds. The molecule has 10 heavy (non-hydrogen) atoms. The normalized spacial score (nSPS) is 4.70. The second kappa shape index (κ2) is 22.4. The second-order valence-electron chi connectivity index (χ2n) is 1.57. The standard InChI is InChI=1S/C6H11.2BrH.Cu.Mg/c1-4-5-6(2)3;;;;/h5H,1,4H2,2-3H3;2*1H;;/q-1;;;+1;+2/p-2. The Labute approximate surface area is 112 Å². The van der Waals surface area contributed by atoms with Gasteiger partial charge >= 0.3 is 40.1 Å². The minimum Gasteiger partial charge on any atom is -1.00 e.